The van der Waals surface area contributed by atoms with Crippen molar-refractivity contribution >= 4 is 17.5 Å². The molecule has 0 unspecified atom stereocenters. The average Bonchev–Trinajstić information content (AvgIpc) is 3.24. The summed E-state index contributed by atoms with van der Waals surface area (Å²) in [6.07, 6.45) is 3.72. The summed E-state index contributed by atoms with van der Waals surface area (Å²) in [4.78, 5) is 37.2. The summed E-state index contributed by atoms with van der Waals surface area (Å²) in [5, 5.41) is 17.7. The number of rotatable bonds is 9. The van der Waals surface area contributed by atoms with Crippen molar-refractivity contribution in [2.75, 3.05) is 6.54 Å². The Morgan fingerprint density at radius 1 is 1.16 bits per heavy atom. The zero-order valence-corrected chi connectivity index (χ0v) is 16.5. The monoisotopic (exact) mass is 424 g/mol. The van der Waals surface area contributed by atoms with Gasteiger partial charge in [-0.3, -0.25) is 19.7 Å². The molecule has 1 aliphatic rings. The number of hydrogen-bond acceptors (Lipinski definition) is 7. The predicted molar refractivity (Wildman–Crippen MR) is 107 cm³/mol. The lowest BCUT2D eigenvalue weighted by atomic mass is 10.1. The number of carbonyl (C=O) groups is 2. The van der Waals surface area contributed by atoms with Crippen molar-refractivity contribution in [2.45, 2.75) is 25.9 Å². The van der Waals surface area contributed by atoms with Crippen LogP contribution >= 0.6 is 0 Å². The van der Waals surface area contributed by atoms with Gasteiger partial charge in [0.15, 0.2) is 11.5 Å². The highest BCUT2D eigenvalue weighted by Gasteiger charge is 2.24. The Hall–Kier alpha value is -3.95. The van der Waals surface area contributed by atoms with Gasteiger partial charge in [0.25, 0.3) is 17.5 Å². The number of nitrogens with one attached hydrogen (secondary N) is 1. The van der Waals surface area contributed by atoms with E-state index in [9.17, 15) is 19.7 Å². The lowest BCUT2D eigenvalue weighted by molar-refractivity contribution is -0.384. The highest BCUT2D eigenvalue weighted by atomic mass is 16.6. The Balaban J connectivity index is 1.51. The number of aromatic nitrogens is 1. The molecule has 2 amide bonds. The van der Waals surface area contributed by atoms with E-state index in [1.807, 2.05) is 0 Å². The highest BCUT2D eigenvalue weighted by molar-refractivity contribution is 5.95. The number of nitro benzene ring substituents is 1. The molecule has 31 heavy (non-hydrogen) atoms. The van der Waals surface area contributed by atoms with Crippen LogP contribution in [0.2, 0.25) is 0 Å². The Kier molecular flexibility index (Phi) is 5.78. The molecule has 1 fully saturated rings. The number of benzene rings is 1. The first-order valence-electron chi connectivity index (χ1n) is 9.79. The van der Waals surface area contributed by atoms with Gasteiger partial charge in [-0.05, 0) is 37.0 Å². The molecule has 160 valence electrons. The van der Waals surface area contributed by atoms with E-state index in [-0.39, 0.29) is 35.9 Å². The largest absolute Gasteiger partial charge is 0.467 e. The van der Waals surface area contributed by atoms with E-state index in [4.69, 9.17) is 8.94 Å². The van der Waals surface area contributed by atoms with Crippen LogP contribution in [0.3, 0.4) is 0 Å². The van der Waals surface area contributed by atoms with Crippen molar-refractivity contribution in [1.29, 1.82) is 0 Å². The number of hydrogen-bond donors (Lipinski definition) is 1. The molecule has 0 atom stereocenters. The van der Waals surface area contributed by atoms with E-state index >= 15 is 0 Å². The molecular formula is C21H20N4O6. The minimum absolute atomic E-state index is 0.00509. The van der Waals surface area contributed by atoms with Crippen LogP contribution in [-0.2, 0) is 13.1 Å². The van der Waals surface area contributed by atoms with Gasteiger partial charge < -0.3 is 19.2 Å². The predicted octanol–water partition coefficient (Wildman–Crippen LogP) is 3.16. The van der Waals surface area contributed by atoms with Crippen molar-refractivity contribution in [2.24, 2.45) is 5.92 Å². The second kappa shape index (κ2) is 8.82. The van der Waals surface area contributed by atoms with Crippen LogP contribution in [0.5, 0.6) is 0 Å². The zero-order chi connectivity index (χ0) is 21.8. The van der Waals surface area contributed by atoms with Gasteiger partial charge in [-0.25, -0.2) is 0 Å². The number of nitro groups is 1. The fourth-order valence-electron chi connectivity index (χ4n) is 3.06. The maximum absolute atomic E-state index is 13.1. The first kappa shape index (κ1) is 20.3. The molecule has 1 N–H and O–H groups in total. The molecule has 3 aromatic rings. The first-order valence-corrected chi connectivity index (χ1v) is 9.79. The Bertz CT molecular complexity index is 1090. The maximum atomic E-state index is 13.1. The highest BCUT2D eigenvalue weighted by Crippen LogP contribution is 2.27. The second-order valence-electron chi connectivity index (χ2n) is 7.38. The fraction of sp³-hybridized carbons (Fsp3) is 0.286. The van der Waals surface area contributed by atoms with Gasteiger partial charge in [-0.15, -0.1) is 0 Å². The van der Waals surface area contributed by atoms with Crippen LogP contribution in [0.15, 0.2) is 57.7 Å². The Morgan fingerprint density at radius 3 is 2.68 bits per heavy atom. The molecule has 0 bridgehead atoms. The van der Waals surface area contributed by atoms with Crippen LogP contribution in [0.25, 0.3) is 0 Å². The maximum Gasteiger partial charge on any atom is 0.273 e. The standard InChI is InChI=1S/C21H20N4O6/c26-20(22-11-14-6-7-14)19-10-18(31-23-19)13-24(12-17-5-2-8-30-17)21(27)15-3-1-4-16(9-15)25(28)29/h1-5,8-10,14H,6-7,11-13H2,(H,22,26). The molecule has 4 rings (SSSR count). The summed E-state index contributed by atoms with van der Waals surface area (Å²) in [6, 6.07) is 10.4. The molecule has 0 saturated heterocycles. The smallest absolute Gasteiger partial charge is 0.273 e. The van der Waals surface area contributed by atoms with Crippen LogP contribution in [0, 0.1) is 16.0 Å². The number of non-ortho nitro benzene ring substituents is 1. The van der Waals surface area contributed by atoms with Crippen LogP contribution in [0.1, 0.15) is 45.2 Å². The molecule has 2 aromatic heterocycles. The molecule has 1 aliphatic carbocycles. The van der Waals surface area contributed by atoms with Crippen molar-refractivity contribution in [3.05, 3.63) is 81.6 Å². The van der Waals surface area contributed by atoms with Gasteiger partial charge >= 0.3 is 0 Å². The van der Waals surface area contributed by atoms with Crippen molar-refractivity contribution in [3.63, 3.8) is 0 Å². The van der Waals surface area contributed by atoms with Crippen LogP contribution in [0.4, 0.5) is 5.69 Å². The average molecular weight is 424 g/mol. The third kappa shape index (κ3) is 5.16. The third-order valence-corrected chi connectivity index (χ3v) is 4.90. The quantitative estimate of drug-likeness (QED) is 0.412. The van der Waals surface area contributed by atoms with Crippen molar-refractivity contribution in [1.82, 2.24) is 15.4 Å². The van der Waals surface area contributed by atoms with Crippen molar-refractivity contribution in [3.8, 4) is 0 Å². The molecule has 1 saturated carbocycles. The minimum Gasteiger partial charge on any atom is -0.467 e. The molecule has 10 nitrogen and oxygen atoms in total. The molecule has 0 spiro atoms. The fourth-order valence-corrected chi connectivity index (χ4v) is 3.06. The summed E-state index contributed by atoms with van der Waals surface area (Å²) in [6.45, 7) is 0.723. The number of amides is 2. The Labute approximate surface area is 177 Å². The molecule has 0 radical (unpaired) electrons. The normalized spacial score (nSPS) is 13.0. The van der Waals surface area contributed by atoms with Gasteiger partial charge in [0.1, 0.15) is 5.76 Å². The van der Waals surface area contributed by atoms with Gasteiger partial charge in [0, 0.05) is 30.3 Å². The van der Waals surface area contributed by atoms with Crippen molar-refractivity contribution < 1.29 is 23.5 Å². The number of carbonyl (C=O) groups excluding carboxylic acids is 2. The number of furan rings is 1. The van der Waals surface area contributed by atoms with E-state index in [1.54, 1.807) is 12.1 Å². The third-order valence-electron chi connectivity index (χ3n) is 4.90. The van der Waals surface area contributed by atoms with Gasteiger partial charge in [-0.1, -0.05) is 11.2 Å². The number of nitrogens with zero attached hydrogens (tertiary/aromatic N) is 3. The van der Waals surface area contributed by atoms with Gasteiger partial charge in [0.05, 0.1) is 24.3 Å². The second-order valence-corrected chi connectivity index (χ2v) is 7.38. The molecule has 1 aromatic carbocycles. The van der Waals surface area contributed by atoms with Gasteiger partial charge in [-0.2, -0.15) is 0 Å². The lowest BCUT2D eigenvalue weighted by Gasteiger charge is -2.20. The van der Waals surface area contributed by atoms with E-state index in [0.717, 1.165) is 12.8 Å². The van der Waals surface area contributed by atoms with E-state index in [0.29, 0.717) is 24.0 Å². The molecule has 2 heterocycles. The van der Waals surface area contributed by atoms with E-state index in [2.05, 4.69) is 10.5 Å². The summed E-state index contributed by atoms with van der Waals surface area (Å²) in [5.41, 5.74) is 0.108. The minimum atomic E-state index is -0.559. The summed E-state index contributed by atoms with van der Waals surface area (Å²) < 4.78 is 10.6. The first-order chi connectivity index (χ1) is 15.0. The van der Waals surface area contributed by atoms with Crippen LogP contribution < -0.4 is 5.32 Å². The SMILES string of the molecule is O=C(NCC1CC1)c1cc(CN(Cc2ccco2)C(=O)c2cccc([N+](=O)[O-])c2)on1. The summed E-state index contributed by atoms with van der Waals surface area (Å²) >= 11 is 0. The zero-order valence-electron chi connectivity index (χ0n) is 16.5. The molecule has 10 heteroatoms. The molecular weight excluding hydrogens is 404 g/mol. The molecule has 0 aliphatic heterocycles. The summed E-state index contributed by atoms with van der Waals surface area (Å²) in [7, 11) is 0. The Morgan fingerprint density at radius 2 is 1.97 bits per heavy atom. The summed E-state index contributed by atoms with van der Waals surface area (Å²) in [5.74, 6) is 0.593. The topological polar surface area (TPSA) is 132 Å². The van der Waals surface area contributed by atoms with E-state index in [1.165, 1.54) is 41.5 Å². The van der Waals surface area contributed by atoms with Crippen LogP contribution in [-0.4, -0.2) is 33.3 Å². The lowest BCUT2D eigenvalue weighted by Crippen LogP contribution is -2.30. The van der Waals surface area contributed by atoms with E-state index < -0.39 is 10.8 Å². The van der Waals surface area contributed by atoms with Gasteiger partial charge in [0.2, 0.25) is 0 Å².